The lowest BCUT2D eigenvalue weighted by Gasteiger charge is -2.24. The van der Waals surface area contributed by atoms with Crippen LogP contribution < -0.4 is 10.2 Å². The zero-order valence-corrected chi connectivity index (χ0v) is 18.0. The highest BCUT2D eigenvalue weighted by molar-refractivity contribution is 6.20. The van der Waals surface area contributed by atoms with Crippen LogP contribution in [-0.4, -0.2) is 46.9 Å². The van der Waals surface area contributed by atoms with Crippen molar-refractivity contribution in [3.8, 4) is 0 Å². The van der Waals surface area contributed by atoms with Crippen LogP contribution in [0.15, 0.2) is 83.9 Å². The maximum Gasteiger partial charge on any atom is 0.272 e. The highest BCUT2D eigenvalue weighted by atomic mass is 19.1. The number of H-pyrrole nitrogens is 1. The molecule has 4 aromatic rings. The molecule has 0 spiro atoms. The van der Waals surface area contributed by atoms with E-state index in [-0.39, 0.29) is 30.1 Å². The Kier molecular flexibility index (Phi) is 5.65. The molecule has 1 atom stereocenters. The lowest BCUT2D eigenvalue weighted by Crippen LogP contribution is -2.48. The van der Waals surface area contributed by atoms with Gasteiger partial charge < -0.3 is 20.3 Å². The number of aliphatic hydroxyl groups is 1. The topological polar surface area (TPSA) is 97.8 Å². The average Bonchev–Trinajstić information content (AvgIpc) is 3.26. The summed E-state index contributed by atoms with van der Waals surface area (Å²) >= 11 is 0. The Morgan fingerprint density at radius 3 is 2.50 bits per heavy atom. The first kappa shape index (κ1) is 21.5. The van der Waals surface area contributed by atoms with Crippen LogP contribution in [0.25, 0.3) is 10.9 Å². The number of carbonyl (C=O) groups excluding carboxylic acids is 2. The molecule has 2 amide bonds. The molecule has 1 aliphatic heterocycles. The minimum absolute atomic E-state index is 0.00528. The van der Waals surface area contributed by atoms with Gasteiger partial charge in [-0.05, 0) is 30.3 Å². The third-order valence-corrected chi connectivity index (χ3v) is 5.70. The zero-order chi connectivity index (χ0) is 23.7. The van der Waals surface area contributed by atoms with Crippen molar-refractivity contribution < 1.29 is 19.1 Å². The lowest BCUT2D eigenvalue weighted by atomic mass is 10.00. The molecule has 170 valence electrons. The van der Waals surface area contributed by atoms with Crippen LogP contribution in [0.3, 0.4) is 0 Å². The van der Waals surface area contributed by atoms with Gasteiger partial charge >= 0.3 is 0 Å². The van der Waals surface area contributed by atoms with Crippen molar-refractivity contribution in [1.29, 1.82) is 0 Å². The van der Waals surface area contributed by atoms with Crippen LogP contribution in [0.5, 0.6) is 0 Å². The van der Waals surface area contributed by atoms with E-state index in [0.29, 0.717) is 11.3 Å². The summed E-state index contributed by atoms with van der Waals surface area (Å²) in [6.07, 6.45) is -1.33. The van der Waals surface area contributed by atoms with E-state index in [9.17, 15) is 19.1 Å². The van der Waals surface area contributed by atoms with Crippen molar-refractivity contribution in [1.82, 2.24) is 10.3 Å². The van der Waals surface area contributed by atoms with E-state index in [4.69, 9.17) is 0 Å². The first-order valence-electron chi connectivity index (χ1n) is 10.8. The van der Waals surface area contributed by atoms with Crippen molar-refractivity contribution in [2.75, 3.05) is 18.1 Å². The van der Waals surface area contributed by atoms with Gasteiger partial charge in [0.1, 0.15) is 11.5 Å². The number of nitrogens with zero attached hydrogens (tertiary/aromatic N) is 2. The van der Waals surface area contributed by atoms with Crippen LogP contribution in [0.2, 0.25) is 0 Å². The molecule has 5 rings (SSSR count). The fourth-order valence-electron chi connectivity index (χ4n) is 4.12. The van der Waals surface area contributed by atoms with Gasteiger partial charge in [0.25, 0.3) is 11.8 Å². The minimum atomic E-state index is -1.33. The van der Waals surface area contributed by atoms with Crippen LogP contribution in [-0.2, 0) is 4.79 Å². The third kappa shape index (κ3) is 3.84. The summed E-state index contributed by atoms with van der Waals surface area (Å²) in [7, 11) is 0. The molecular formula is C26H21FN4O3. The summed E-state index contributed by atoms with van der Waals surface area (Å²) in [5.41, 5.74) is 2.50. The van der Waals surface area contributed by atoms with E-state index in [1.54, 1.807) is 48.5 Å². The van der Waals surface area contributed by atoms with Gasteiger partial charge in [0.05, 0.1) is 18.0 Å². The molecule has 8 heteroatoms. The number of benzodiazepines with no additional fused rings is 1. The molecular weight excluding hydrogens is 435 g/mol. The highest BCUT2D eigenvalue weighted by Crippen LogP contribution is 2.29. The van der Waals surface area contributed by atoms with E-state index in [1.807, 2.05) is 24.3 Å². The molecule has 3 aromatic carbocycles. The number of aliphatic hydroxyl groups excluding tert-OH is 1. The normalized spacial score (nSPS) is 15.6. The SMILES string of the molecule is O=C(N[C@H]1N=C(c2ccccc2F)c2ccccc2N(CCO)C1=O)c1cc2ccccc2[nH]1. The Morgan fingerprint density at radius 2 is 1.74 bits per heavy atom. The number of nitrogens with one attached hydrogen (secondary N) is 2. The minimum Gasteiger partial charge on any atom is -0.395 e. The number of fused-ring (bicyclic) bond motifs is 2. The summed E-state index contributed by atoms with van der Waals surface area (Å²) in [6, 6.07) is 22.2. The standard InChI is InChI=1S/C26H21FN4O3/c27-19-10-4-2-8-17(19)23-18-9-3-6-12-22(18)31(13-14-32)26(34)24(29-23)30-25(33)21-15-16-7-1-5-11-20(16)28-21/h1-12,15,24,28,32H,13-14H2,(H,30,33)/t24-/m1/s1. The smallest absolute Gasteiger partial charge is 0.272 e. The number of amides is 2. The second-order valence-corrected chi connectivity index (χ2v) is 7.83. The Balaban J connectivity index is 1.60. The van der Waals surface area contributed by atoms with E-state index in [0.717, 1.165) is 10.9 Å². The molecule has 0 bridgehead atoms. The maximum atomic E-state index is 14.8. The Labute approximate surface area is 194 Å². The molecule has 1 aliphatic rings. The first-order valence-corrected chi connectivity index (χ1v) is 10.8. The van der Waals surface area contributed by atoms with E-state index in [2.05, 4.69) is 15.3 Å². The molecule has 1 aromatic heterocycles. The Bertz CT molecular complexity index is 1400. The number of benzene rings is 3. The number of rotatable bonds is 5. The summed E-state index contributed by atoms with van der Waals surface area (Å²) in [5.74, 6) is -1.56. The summed E-state index contributed by atoms with van der Waals surface area (Å²) in [5, 5.41) is 13.2. The van der Waals surface area contributed by atoms with Crippen LogP contribution in [0, 0.1) is 5.82 Å². The molecule has 0 saturated heterocycles. The van der Waals surface area contributed by atoms with Crippen molar-refractivity contribution in [3.05, 3.63) is 102 Å². The summed E-state index contributed by atoms with van der Waals surface area (Å²) < 4.78 is 14.8. The van der Waals surface area contributed by atoms with Gasteiger partial charge in [-0.15, -0.1) is 0 Å². The van der Waals surface area contributed by atoms with Crippen molar-refractivity contribution in [3.63, 3.8) is 0 Å². The molecule has 0 saturated carbocycles. The highest BCUT2D eigenvalue weighted by Gasteiger charge is 2.33. The lowest BCUT2D eigenvalue weighted by molar-refractivity contribution is -0.120. The Hall–Kier alpha value is -4.30. The Morgan fingerprint density at radius 1 is 1.03 bits per heavy atom. The predicted octanol–water partition coefficient (Wildman–Crippen LogP) is 3.24. The maximum absolute atomic E-state index is 14.8. The van der Waals surface area contributed by atoms with E-state index >= 15 is 0 Å². The molecule has 0 aliphatic carbocycles. The molecule has 7 nitrogen and oxygen atoms in total. The molecule has 0 fully saturated rings. The third-order valence-electron chi connectivity index (χ3n) is 5.70. The van der Waals surface area contributed by atoms with E-state index in [1.165, 1.54) is 11.0 Å². The number of aliphatic imine (C=N–C) groups is 1. The second-order valence-electron chi connectivity index (χ2n) is 7.83. The number of para-hydroxylation sites is 2. The average molecular weight is 456 g/mol. The number of halogens is 1. The number of anilines is 1. The number of hydrogen-bond donors (Lipinski definition) is 3. The molecule has 0 radical (unpaired) electrons. The van der Waals surface area contributed by atoms with Crippen LogP contribution in [0.1, 0.15) is 21.6 Å². The van der Waals surface area contributed by atoms with Gasteiger partial charge in [0.15, 0.2) is 0 Å². The van der Waals surface area contributed by atoms with Crippen molar-refractivity contribution >= 4 is 34.1 Å². The number of β-amino-alcohol motifs (C(OH)–C–C–N with tert-alkyl or cyclic N) is 1. The molecule has 34 heavy (non-hydrogen) atoms. The number of carbonyl (C=O) groups is 2. The molecule has 2 heterocycles. The predicted molar refractivity (Wildman–Crippen MR) is 127 cm³/mol. The number of aromatic amines is 1. The zero-order valence-electron chi connectivity index (χ0n) is 18.0. The van der Waals surface area contributed by atoms with Crippen molar-refractivity contribution in [2.24, 2.45) is 4.99 Å². The summed E-state index contributed by atoms with van der Waals surface area (Å²) in [4.78, 5) is 35.5. The van der Waals surface area contributed by atoms with Gasteiger partial charge in [-0.2, -0.15) is 0 Å². The fraction of sp³-hybridized carbons (Fsp3) is 0.115. The monoisotopic (exact) mass is 456 g/mol. The number of hydrogen-bond acceptors (Lipinski definition) is 4. The molecule has 0 unspecified atom stereocenters. The van der Waals surface area contributed by atoms with Gasteiger partial charge in [-0.3, -0.25) is 9.59 Å². The van der Waals surface area contributed by atoms with Crippen LogP contribution >= 0.6 is 0 Å². The quantitative estimate of drug-likeness (QED) is 0.430. The first-order chi connectivity index (χ1) is 16.6. The summed E-state index contributed by atoms with van der Waals surface area (Å²) in [6.45, 7) is -0.299. The fourth-order valence-corrected chi connectivity index (χ4v) is 4.12. The van der Waals surface area contributed by atoms with Gasteiger partial charge in [-0.25, -0.2) is 9.38 Å². The van der Waals surface area contributed by atoms with Crippen molar-refractivity contribution in [2.45, 2.75) is 6.17 Å². The second kappa shape index (κ2) is 8.92. The largest absolute Gasteiger partial charge is 0.395 e. The number of aromatic nitrogens is 1. The van der Waals surface area contributed by atoms with Crippen LogP contribution in [0.4, 0.5) is 10.1 Å². The van der Waals surface area contributed by atoms with Gasteiger partial charge in [0.2, 0.25) is 6.17 Å². The van der Waals surface area contributed by atoms with Gasteiger partial charge in [0, 0.05) is 28.6 Å². The van der Waals surface area contributed by atoms with Gasteiger partial charge in [-0.1, -0.05) is 48.5 Å². The van der Waals surface area contributed by atoms with E-state index < -0.39 is 23.8 Å². The molecule has 3 N–H and O–H groups in total.